The lowest BCUT2D eigenvalue weighted by Gasteiger charge is -2.41. The van der Waals surface area contributed by atoms with E-state index in [0.29, 0.717) is 25.2 Å². The van der Waals surface area contributed by atoms with Crippen LogP contribution in [-0.4, -0.2) is 22.7 Å². The van der Waals surface area contributed by atoms with Crippen molar-refractivity contribution in [2.75, 3.05) is 6.61 Å². The van der Waals surface area contributed by atoms with Crippen LogP contribution in [0.2, 0.25) is 0 Å². The van der Waals surface area contributed by atoms with E-state index in [4.69, 9.17) is 10.5 Å². The molecule has 82 valence electrons. The van der Waals surface area contributed by atoms with Crippen molar-refractivity contribution in [3.63, 3.8) is 0 Å². The average molecular weight is 208 g/mol. The number of nitrogens with zero attached hydrogens (tertiary/aromatic N) is 1. The maximum Gasteiger partial charge on any atom is 0.137 e. The molecule has 0 atom stereocenters. The number of aromatic nitrogens is 1. The Morgan fingerprint density at radius 3 is 2.93 bits per heavy atom. The molecule has 2 rings (SSSR count). The number of nitrogens with two attached hydrogens (primary N) is 1. The highest BCUT2D eigenvalue weighted by Gasteiger charge is 2.42. The summed E-state index contributed by atoms with van der Waals surface area (Å²) in [5.41, 5.74) is 5.69. The molecule has 0 amide bonds. The van der Waals surface area contributed by atoms with Gasteiger partial charge in [0.25, 0.3) is 0 Å². The Morgan fingerprint density at radius 2 is 2.33 bits per heavy atom. The minimum atomic E-state index is -0.792. The van der Waals surface area contributed by atoms with Crippen molar-refractivity contribution in [1.29, 1.82) is 0 Å². The van der Waals surface area contributed by atoms with Crippen molar-refractivity contribution in [3.05, 3.63) is 24.0 Å². The molecule has 0 aromatic carbocycles. The van der Waals surface area contributed by atoms with Crippen LogP contribution in [0.5, 0.6) is 5.75 Å². The van der Waals surface area contributed by atoms with E-state index < -0.39 is 5.60 Å². The molecule has 1 aromatic rings. The molecule has 1 fully saturated rings. The van der Waals surface area contributed by atoms with Crippen molar-refractivity contribution in [2.24, 2.45) is 5.73 Å². The molecule has 1 aliphatic carbocycles. The Balaban J connectivity index is 2.18. The van der Waals surface area contributed by atoms with Crippen molar-refractivity contribution in [1.82, 2.24) is 4.98 Å². The van der Waals surface area contributed by atoms with E-state index in [1.54, 1.807) is 12.4 Å². The van der Waals surface area contributed by atoms with Crippen molar-refractivity contribution in [3.8, 4) is 5.75 Å². The van der Waals surface area contributed by atoms with E-state index in [1.165, 1.54) is 0 Å². The van der Waals surface area contributed by atoms with E-state index >= 15 is 0 Å². The van der Waals surface area contributed by atoms with Crippen molar-refractivity contribution >= 4 is 0 Å². The van der Waals surface area contributed by atoms with Crippen LogP contribution in [0.1, 0.15) is 25.3 Å². The predicted molar refractivity (Wildman–Crippen MR) is 56.5 cm³/mol. The third-order valence-electron chi connectivity index (χ3n) is 2.76. The van der Waals surface area contributed by atoms with Crippen LogP contribution in [0, 0.1) is 0 Å². The Hall–Kier alpha value is -1.13. The SMILES string of the molecule is CCOc1cncc(C2(O)CC(N)C2)c1. The first kappa shape index (κ1) is 10.4. The van der Waals surface area contributed by atoms with Gasteiger partial charge in [0.2, 0.25) is 0 Å². The highest BCUT2D eigenvalue weighted by molar-refractivity contribution is 5.30. The normalized spacial score (nSPS) is 29.7. The van der Waals surface area contributed by atoms with E-state index in [2.05, 4.69) is 4.98 Å². The van der Waals surface area contributed by atoms with Crippen molar-refractivity contribution in [2.45, 2.75) is 31.4 Å². The van der Waals surface area contributed by atoms with Crippen LogP contribution >= 0.6 is 0 Å². The first-order chi connectivity index (χ1) is 7.14. The molecule has 0 saturated heterocycles. The maximum atomic E-state index is 10.2. The lowest BCUT2D eigenvalue weighted by molar-refractivity contribution is -0.0527. The number of hydrogen-bond donors (Lipinski definition) is 2. The fourth-order valence-electron chi connectivity index (χ4n) is 1.96. The molecule has 1 aromatic heterocycles. The van der Waals surface area contributed by atoms with E-state index in [0.717, 1.165) is 5.56 Å². The van der Waals surface area contributed by atoms with Gasteiger partial charge in [-0.15, -0.1) is 0 Å². The average Bonchev–Trinajstić information content (AvgIpc) is 2.17. The van der Waals surface area contributed by atoms with Gasteiger partial charge in [-0.2, -0.15) is 0 Å². The highest BCUT2D eigenvalue weighted by atomic mass is 16.5. The number of hydrogen-bond acceptors (Lipinski definition) is 4. The van der Waals surface area contributed by atoms with Gasteiger partial charge >= 0.3 is 0 Å². The molecular weight excluding hydrogens is 192 g/mol. The molecule has 1 heterocycles. The quantitative estimate of drug-likeness (QED) is 0.770. The molecular formula is C11H16N2O2. The Bertz CT molecular complexity index is 348. The molecule has 0 radical (unpaired) electrons. The monoisotopic (exact) mass is 208 g/mol. The fourth-order valence-corrected chi connectivity index (χ4v) is 1.96. The van der Waals surface area contributed by atoms with Gasteiger partial charge in [-0.1, -0.05) is 0 Å². The molecule has 0 spiro atoms. The summed E-state index contributed by atoms with van der Waals surface area (Å²) in [7, 11) is 0. The first-order valence-electron chi connectivity index (χ1n) is 5.20. The van der Waals surface area contributed by atoms with Gasteiger partial charge in [-0.25, -0.2) is 0 Å². The summed E-state index contributed by atoms with van der Waals surface area (Å²) >= 11 is 0. The fraction of sp³-hybridized carbons (Fsp3) is 0.545. The number of aliphatic hydroxyl groups is 1. The Morgan fingerprint density at radius 1 is 1.60 bits per heavy atom. The molecule has 4 heteroatoms. The van der Waals surface area contributed by atoms with Crippen LogP contribution in [0.25, 0.3) is 0 Å². The second-order valence-electron chi connectivity index (χ2n) is 4.04. The minimum absolute atomic E-state index is 0.103. The molecule has 3 N–H and O–H groups in total. The lowest BCUT2D eigenvalue weighted by atomic mass is 9.72. The van der Waals surface area contributed by atoms with Gasteiger partial charge in [0.05, 0.1) is 18.4 Å². The second-order valence-corrected chi connectivity index (χ2v) is 4.04. The summed E-state index contributed by atoms with van der Waals surface area (Å²) in [5, 5.41) is 10.2. The number of rotatable bonds is 3. The van der Waals surface area contributed by atoms with Crippen LogP contribution in [0.3, 0.4) is 0 Å². The summed E-state index contributed by atoms with van der Waals surface area (Å²) in [6.07, 6.45) is 4.53. The smallest absolute Gasteiger partial charge is 0.137 e. The van der Waals surface area contributed by atoms with Gasteiger partial charge < -0.3 is 15.6 Å². The first-order valence-corrected chi connectivity index (χ1v) is 5.20. The van der Waals surface area contributed by atoms with Gasteiger partial charge in [-0.05, 0) is 25.8 Å². The number of ether oxygens (including phenoxy) is 1. The molecule has 0 unspecified atom stereocenters. The van der Waals surface area contributed by atoms with Gasteiger partial charge in [0.1, 0.15) is 5.75 Å². The van der Waals surface area contributed by atoms with E-state index in [9.17, 15) is 5.11 Å². The van der Waals surface area contributed by atoms with Crippen LogP contribution in [-0.2, 0) is 5.60 Å². The highest BCUT2D eigenvalue weighted by Crippen LogP contribution is 2.40. The lowest BCUT2D eigenvalue weighted by Crippen LogP contribution is -2.49. The molecule has 15 heavy (non-hydrogen) atoms. The van der Waals surface area contributed by atoms with Gasteiger partial charge in [-0.3, -0.25) is 4.98 Å². The largest absolute Gasteiger partial charge is 0.492 e. The third-order valence-corrected chi connectivity index (χ3v) is 2.76. The maximum absolute atomic E-state index is 10.2. The molecule has 1 aliphatic rings. The second kappa shape index (κ2) is 3.79. The summed E-state index contributed by atoms with van der Waals surface area (Å²) in [4.78, 5) is 4.05. The minimum Gasteiger partial charge on any atom is -0.492 e. The summed E-state index contributed by atoms with van der Waals surface area (Å²) < 4.78 is 5.33. The predicted octanol–water partition coefficient (Wildman–Crippen LogP) is 0.789. The van der Waals surface area contributed by atoms with Crippen molar-refractivity contribution < 1.29 is 9.84 Å². The molecule has 0 aliphatic heterocycles. The zero-order chi connectivity index (χ0) is 10.9. The number of pyridine rings is 1. The Kier molecular flexibility index (Phi) is 2.63. The summed E-state index contributed by atoms with van der Waals surface area (Å²) in [6.45, 7) is 2.52. The van der Waals surface area contributed by atoms with Crippen LogP contribution in [0.15, 0.2) is 18.5 Å². The summed E-state index contributed by atoms with van der Waals surface area (Å²) in [5.74, 6) is 0.698. The standard InChI is InChI=1S/C11H16N2O2/c1-2-15-10-3-8(6-13-7-10)11(14)4-9(12)5-11/h3,6-7,9,14H,2,4-5,12H2,1H3. The molecule has 4 nitrogen and oxygen atoms in total. The van der Waals surface area contributed by atoms with Crippen LogP contribution < -0.4 is 10.5 Å². The zero-order valence-electron chi connectivity index (χ0n) is 8.81. The van der Waals surface area contributed by atoms with E-state index in [-0.39, 0.29) is 6.04 Å². The zero-order valence-corrected chi connectivity index (χ0v) is 8.81. The van der Waals surface area contributed by atoms with E-state index in [1.807, 2.05) is 13.0 Å². The van der Waals surface area contributed by atoms with Gasteiger partial charge in [0, 0.05) is 17.8 Å². The molecule has 0 bridgehead atoms. The summed E-state index contributed by atoms with van der Waals surface area (Å²) in [6, 6.07) is 1.94. The topological polar surface area (TPSA) is 68.4 Å². The Labute approximate surface area is 89.1 Å². The third kappa shape index (κ3) is 1.96. The molecule has 1 saturated carbocycles. The van der Waals surface area contributed by atoms with Gasteiger partial charge in [0.15, 0.2) is 0 Å². The van der Waals surface area contributed by atoms with Crippen LogP contribution in [0.4, 0.5) is 0 Å².